The Morgan fingerprint density at radius 2 is 1.38 bits per heavy atom. The number of aromatic nitrogens is 1. The van der Waals surface area contributed by atoms with Crippen LogP contribution in [-0.4, -0.2) is 35.7 Å². The van der Waals surface area contributed by atoms with Gasteiger partial charge in [0.25, 0.3) is 0 Å². The summed E-state index contributed by atoms with van der Waals surface area (Å²) in [5.41, 5.74) is 9.78. The lowest BCUT2D eigenvalue weighted by molar-refractivity contribution is -0.196. The van der Waals surface area contributed by atoms with Gasteiger partial charge in [-0.1, -0.05) is 91.0 Å². The van der Waals surface area contributed by atoms with Crippen LogP contribution in [0.3, 0.4) is 0 Å². The van der Waals surface area contributed by atoms with Crippen LogP contribution in [-0.2, 0) is 24.5 Å². The van der Waals surface area contributed by atoms with Crippen molar-refractivity contribution in [2.75, 3.05) is 12.3 Å². The second-order valence-corrected chi connectivity index (χ2v) is 10.4. The zero-order valence-corrected chi connectivity index (χ0v) is 21.9. The predicted octanol–water partition coefficient (Wildman–Crippen LogP) is 5.44. The third kappa shape index (κ3) is 4.42. The summed E-state index contributed by atoms with van der Waals surface area (Å²) in [4.78, 5) is 2.94. The van der Waals surface area contributed by atoms with Crippen molar-refractivity contribution in [1.29, 1.82) is 5.26 Å². The fraction of sp³-hybridized carbons (Fsp3) is 0.281. The smallest absolute Gasteiger partial charge is 0.164 e. The molecule has 0 amide bonds. The lowest BCUT2D eigenvalue weighted by Gasteiger charge is -2.37. The van der Waals surface area contributed by atoms with Crippen molar-refractivity contribution in [1.82, 2.24) is 4.98 Å². The van der Waals surface area contributed by atoms with Crippen LogP contribution in [0.4, 0.5) is 5.69 Å². The van der Waals surface area contributed by atoms with Crippen LogP contribution in [0.25, 0.3) is 0 Å². The highest BCUT2D eigenvalue weighted by atomic mass is 16.8. The second-order valence-electron chi connectivity index (χ2n) is 10.4. The minimum atomic E-state index is -0.892. The van der Waals surface area contributed by atoms with E-state index in [9.17, 15) is 5.26 Å². The number of nitrogen functional groups attached to an aromatic ring is 1. The molecule has 2 aliphatic heterocycles. The lowest BCUT2D eigenvalue weighted by atomic mass is 9.80. The predicted molar refractivity (Wildman–Crippen MR) is 147 cm³/mol. The van der Waals surface area contributed by atoms with Crippen LogP contribution in [0.5, 0.6) is 0 Å². The van der Waals surface area contributed by atoms with Gasteiger partial charge in [0.2, 0.25) is 0 Å². The number of nitriles is 1. The summed E-state index contributed by atoms with van der Waals surface area (Å²) in [6, 6.07) is 32.8. The number of hydrogen-bond acceptors (Lipinski definition) is 6. The van der Waals surface area contributed by atoms with Crippen molar-refractivity contribution < 1.29 is 18.9 Å². The number of aromatic amines is 1. The Balaban J connectivity index is 1.40. The van der Waals surface area contributed by atoms with E-state index in [1.165, 1.54) is 0 Å². The van der Waals surface area contributed by atoms with Gasteiger partial charge in [-0.15, -0.1) is 0 Å². The summed E-state index contributed by atoms with van der Waals surface area (Å²) in [7, 11) is 0. The summed E-state index contributed by atoms with van der Waals surface area (Å²) < 4.78 is 26.3. The Morgan fingerprint density at radius 3 is 1.87 bits per heavy atom. The molecule has 0 unspecified atom stereocenters. The van der Waals surface area contributed by atoms with E-state index in [1.807, 2.05) is 68.4 Å². The molecule has 0 saturated carbocycles. The molecule has 198 valence electrons. The molecular weight excluding hydrogens is 490 g/mol. The molecule has 2 aliphatic rings. The summed E-state index contributed by atoms with van der Waals surface area (Å²) in [5.74, 6) is -0.798. The maximum absolute atomic E-state index is 9.42. The maximum atomic E-state index is 9.42. The summed E-state index contributed by atoms with van der Waals surface area (Å²) in [6.07, 6.45) is -0.0291. The normalized spacial score (nSPS) is 23.8. The monoisotopic (exact) mass is 521 g/mol. The Hall–Kier alpha value is -3.93. The third-order valence-electron chi connectivity index (χ3n) is 7.53. The highest BCUT2D eigenvalue weighted by Crippen LogP contribution is 2.48. The van der Waals surface area contributed by atoms with E-state index in [4.69, 9.17) is 24.7 Å². The number of anilines is 1. The molecule has 3 heterocycles. The molecule has 7 nitrogen and oxygen atoms in total. The van der Waals surface area contributed by atoms with Crippen molar-refractivity contribution >= 4 is 5.69 Å². The molecule has 6 rings (SSSR count). The first-order valence-corrected chi connectivity index (χ1v) is 13.1. The van der Waals surface area contributed by atoms with Crippen LogP contribution in [0.1, 0.15) is 47.9 Å². The number of nitrogens with zero attached hydrogens (tertiary/aromatic N) is 1. The van der Waals surface area contributed by atoms with E-state index in [0.29, 0.717) is 16.9 Å². The lowest BCUT2D eigenvalue weighted by Crippen LogP contribution is -2.39. The van der Waals surface area contributed by atoms with Crippen molar-refractivity contribution in [3.8, 4) is 6.07 Å². The quantitative estimate of drug-likeness (QED) is 0.314. The van der Waals surface area contributed by atoms with E-state index in [1.54, 1.807) is 6.20 Å². The zero-order chi connectivity index (χ0) is 27.0. The van der Waals surface area contributed by atoms with Gasteiger partial charge in [0.15, 0.2) is 5.79 Å². The standard InChI is InChI=1S/C32H31N3O4/c1-31(2)38-29-26(37-28(30(29)39-31)24-19-35-25(18-33)27(24)34)20-36-32(21-12-6-3-7-13-21,22-14-8-4-9-15-22)23-16-10-5-11-17-23/h3-17,19,26,28-30,35H,20,34H2,1-2H3/t26-,28+,29-,30+/m1/s1. The number of H-pyrrole nitrogens is 1. The Labute approximate surface area is 228 Å². The van der Waals surface area contributed by atoms with Gasteiger partial charge in [0.1, 0.15) is 41.8 Å². The van der Waals surface area contributed by atoms with Crippen LogP contribution >= 0.6 is 0 Å². The fourth-order valence-corrected chi connectivity index (χ4v) is 5.82. The maximum Gasteiger partial charge on any atom is 0.164 e. The van der Waals surface area contributed by atoms with Gasteiger partial charge in [0.05, 0.1) is 12.3 Å². The van der Waals surface area contributed by atoms with Crippen LogP contribution in [0, 0.1) is 11.3 Å². The number of fused-ring (bicyclic) bond motifs is 1. The largest absolute Gasteiger partial charge is 0.396 e. The Morgan fingerprint density at radius 1 is 0.872 bits per heavy atom. The number of ether oxygens (including phenoxy) is 4. The Kier molecular flexibility index (Phi) is 6.49. The van der Waals surface area contributed by atoms with Gasteiger partial charge >= 0.3 is 0 Å². The zero-order valence-electron chi connectivity index (χ0n) is 21.9. The minimum absolute atomic E-state index is 0.227. The van der Waals surface area contributed by atoms with Crippen molar-refractivity contribution in [2.45, 2.75) is 49.7 Å². The van der Waals surface area contributed by atoms with E-state index in [2.05, 4.69) is 47.5 Å². The molecule has 0 spiro atoms. The van der Waals surface area contributed by atoms with E-state index in [-0.39, 0.29) is 12.7 Å². The molecule has 7 heteroatoms. The van der Waals surface area contributed by atoms with Crippen LogP contribution in [0.2, 0.25) is 0 Å². The highest BCUT2D eigenvalue weighted by Gasteiger charge is 2.56. The fourth-order valence-electron chi connectivity index (χ4n) is 5.82. The molecule has 39 heavy (non-hydrogen) atoms. The molecule has 4 atom stereocenters. The number of benzene rings is 3. The molecule has 0 aliphatic carbocycles. The van der Waals surface area contributed by atoms with Crippen molar-refractivity contribution in [3.63, 3.8) is 0 Å². The SMILES string of the molecule is CC1(C)O[C@@H]2[C@H](O1)[C@@H](COC(c1ccccc1)(c1ccccc1)c1ccccc1)O[C@H]2c1c[nH]c(C#N)c1N. The number of hydrogen-bond donors (Lipinski definition) is 2. The molecule has 0 radical (unpaired) electrons. The average molecular weight is 522 g/mol. The van der Waals surface area contributed by atoms with Gasteiger partial charge in [-0.2, -0.15) is 5.26 Å². The first-order valence-electron chi connectivity index (χ1n) is 13.1. The molecule has 4 aromatic rings. The van der Waals surface area contributed by atoms with Gasteiger partial charge in [0, 0.05) is 11.8 Å². The topological polar surface area (TPSA) is 103 Å². The van der Waals surface area contributed by atoms with Crippen molar-refractivity contribution in [2.24, 2.45) is 0 Å². The van der Waals surface area contributed by atoms with Gasteiger partial charge in [-0.3, -0.25) is 0 Å². The highest BCUT2D eigenvalue weighted by molar-refractivity contribution is 5.58. The Bertz CT molecular complexity index is 1370. The number of nitrogens with two attached hydrogens (primary N) is 1. The third-order valence-corrected chi connectivity index (χ3v) is 7.53. The summed E-state index contributed by atoms with van der Waals surface area (Å²) in [6.45, 7) is 4.01. The molecule has 2 saturated heterocycles. The second kappa shape index (κ2) is 9.99. The van der Waals surface area contributed by atoms with Gasteiger partial charge in [-0.25, -0.2) is 0 Å². The minimum Gasteiger partial charge on any atom is -0.396 e. The summed E-state index contributed by atoms with van der Waals surface area (Å²) >= 11 is 0. The first kappa shape index (κ1) is 25.4. The van der Waals surface area contributed by atoms with Gasteiger partial charge in [-0.05, 0) is 30.5 Å². The molecule has 3 N–H and O–H groups in total. The van der Waals surface area contributed by atoms with Crippen molar-refractivity contribution in [3.05, 3.63) is 125 Å². The molecule has 2 fully saturated rings. The van der Waals surface area contributed by atoms with E-state index >= 15 is 0 Å². The van der Waals surface area contributed by atoms with Crippen LogP contribution in [0.15, 0.2) is 97.2 Å². The van der Waals surface area contributed by atoms with E-state index in [0.717, 1.165) is 16.7 Å². The van der Waals surface area contributed by atoms with Crippen LogP contribution < -0.4 is 5.73 Å². The molecular formula is C32H31N3O4. The number of nitrogens with one attached hydrogen (secondary N) is 1. The first-order chi connectivity index (χ1) is 18.9. The molecule has 0 bridgehead atoms. The number of rotatable bonds is 7. The van der Waals surface area contributed by atoms with Gasteiger partial charge < -0.3 is 29.7 Å². The van der Waals surface area contributed by atoms with E-state index < -0.39 is 29.7 Å². The summed E-state index contributed by atoms with van der Waals surface area (Å²) in [5, 5.41) is 9.42. The molecule has 1 aromatic heterocycles. The molecule has 3 aromatic carbocycles. The average Bonchev–Trinajstić information content (AvgIpc) is 3.60.